The van der Waals surface area contributed by atoms with Crippen LogP contribution in [0.15, 0.2) is 35.5 Å². The van der Waals surface area contributed by atoms with Crippen LogP contribution >= 0.6 is 0 Å². The predicted molar refractivity (Wildman–Crippen MR) is 121 cm³/mol. The summed E-state index contributed by atoms with van der Waals surface area (Å²) in [6.07, 6.45) is -2.80. The first-order chi connectivity index (χ1) is 15.0. The van der Waals surface area contributed by atoms with E-state index in [4.69, 9.17) is 12.6 Å². The molecule has 3 aromatic rings. The number of methoxy groups -OCH3 is 1. The monoisotopic (exact) mass is 444 g/mol. The molecule has 0 aliphatic heterocycles. The van der Waals surface area contributed by atoms with Crippen molar-refractivity contribution in [2.45, 2.75) is 53.9 Å². The Morgan fingerprint density at radius 3 is 2.44 bits per heavy atom. The minimum atomic E-state index is -4.41. The van der Waals surface area contributed by atoms with Crippen LogP contribution in [0.3, 0.4) is 0 Å². The lowest BCUT2D eigenvalue weighted by Crippen LogP contribution is -2.20. The third-order valence-corrected chi connectivity index (χ3v) is 4.52. The largest absolute Gasteiger partial charge is 0.468 e. The summed E-state index contributed by atoms with van der Waals surface area (Å²) in [6, 6.07) is 6.05. The maximum atomic E-state index is 13.1. The van der Waals surface area contributed by atoms with Gasteiger partial charge in [-0.05, 0) is 48.6 Å². The van der Waals surface area contributed by atoms with Crippen LogP contribution in [-0.4, -0.2) is 29.5 Å². The second kappa shape index (κ2) is 10.7. The number of hydrogen-bond donors (Lipinski definition) is 0. The molecule has 2 radical (unpaired) electrons. The van der Waals surface area contributed by atoms with Crippen LogP contribution in [0.25, 0.3) is 10.9 Å². The van der Waals surface area contributed by atoms with Crippen LogP contribution in [0.1, 0.15) is 44.4 Å². The highest BCUT2D eigenvalue weighted by Crippen LogP contribution is 2.33. The lowest BCUT2D eigenvalue weighted by molar-refractivity contribution is -0.138. The molecule has 3 rings (SSSR count). The second-order valence-corrected chi connectivity index (χ2v) is 7.93. The zero-order valence-corrected chi connectivity index (χ0v) is 19.3. The average Bonchev–Trinajstić information content (AvgIpc) is 2.71. The normalized spacial score (nSPS) is 12.1. The van der Waals surface area contributed by atoms with Crippen molar-refractivity contribution in [2.75, 3.05) is 7.11 Å². The first-order valence-corrected chi connectivity index (χ1v) is 10.4. The van der Waals surface area contributed by atoms with Crippen molar-refractivity contribution >= 4 is 24.3 Å². The van der Waals surface area contributed by atoms with E-state index in [2.05, 4.69) is 35.7 Å². The molecule has 0 aliphatic carbocycles. The number of nitrogens with zero attached hydrogens (tertiary/aromatic N) is 4. The zero-order chi connectivity index (χ0) is 24.1. The fourth-order valence-corrected chi connectivity index (χ4v) is 3.08. The quantitative estimate of drug-likeness (QED) is 0.563. The molecule has 2 aromatic heterocycles. The Hall–Kier alpha value is -2.84. The van der Waals surface area contributed by atoms with Gasteiger partial charge in [-0.1, -0.05) is 32.9 Å². The van der Waals surface area contributed by atoms with Gasteiger partial charge in [0.2, 0.25) is 0 Å². The minimum absolute atomic E-state index is 0.0410. The molecule has 32 heavy (non-hydrogen) atoms. The number of hydrogen-bond acceptors (Lipinski definition) is 4. The minimum Gasteiger partial charge on any atom is -0.468 e. The zero-order valence-electron chi connectivity index (χ0n) is 19.3. The Bertz CT molecular complexity index is 1140. The van der Waals surface area contributed by atoms with Crippen molar-refractivity contribution in [1.29, 1.82) is 0 Å². The molecule has 0 aliphatic rings. The topological polar surface area (TPSA) is 52.3 Å². The van der Waals surface area contributed by atoms with Gasteiger partial charge < -0.3 is 4.74 Å². The van der Waals surface area contributed by atoms with Crippen LogP contribution in [0.4, 0.5) is 13.2 Å². The van der Waals surface area contributed by atoms with Crippen LogP contribution in [0, 0.1) is 12.8 Å². The first-order valence-electron chi connectivity index (χ1n) is 10.4. The number of pyridine rings is 1. The summed E-state index contributed by atoms with van der Waals surface area (Å²) >= 11 is 0. The summed E-state index contributed by atoms with van der Waals surface area (Å²) < 4.78 is 46.6. The van der Waals surface area contributed by atoms with Crippen LogP contribution in [0.2, 0.25) is 0 Å². The highest BCUT2D eigenvalue weighted by molar-refractivity contribution is 6.31. The molecule has 2 heterocycles. The summed E-state index contributed by atoms with van der Waals surface area (Å²) in [7, 11) is 7.30. The maximum Gasteiger partial charge on any atom is 0.416 e. The van der Waals surface area contributed by atoms with E-state index in [-0.39, 0.29) is 12.1 Å². The summed E-state index contributed by atoms with van der Waals surface area (Å²) in [5.74, 6) is 0.833. The SMILES string of the molecule is CC(C)C.[B]c1cc2c(=NCc3cccc(C(F)(F)F)c3C)nc(OC)n(CC)c2cn1. The molecule has 0 N–H and O–H groups in total. The molecule has 0 amide bonds. The molecular weight excluding hydrogens is 416 g/mol. The molecule has 1 aromatic carbocycles. The van der Waals surface area contributed by atoms with Gasteiger partial charge in [0.15, 0.2) is 5.49 Å². The van der Waals surface area contributed by atoms with Crippen LogP contribution < -0.4 is 15.8 Å². The Labute approximate surface area is 187 Å². The average molecular weight is 444 g/mol. The molecule has 0 saturated carbocycles. The lowest BCUT2D eigenvalue weighted by atomic mass is 10.0. The Kier molecular flexibility index (Phi) is 8.47. The van der Waals surface area contributed by atoms with Gasteiger partial charge in [0.1, 0.15) is 7.85 Å². The summed E-state index contributed by atoms with van der Waals surface area (Å²) in [4.78, 5) is 13.0. The molecule has 0 spiro atoms. The number of rotatable bonds is 4. The van der Waals surface area contributed by atoms with Gasteiger partial charge in [-0.2, -0.15) is 18.2 Å². The van der Waals surface area contributed by atoms with Crippen molar-refractivity contribution in [2.24, 2.45) is 10.9 Å². The lowest BCUT2D eigenvalue weighted by Gasteiger charge is -2.14. The van der Waals surface area contributed by atoms with E-state index in [0.29, 0.717) is 34.6 Å². The number of benzene rings is 1. The standard InChI is InChI=1S/C19H18BF3N4O.C4H10/c1-4-27-15-10-24-16(20)8-13(15)17(26-18(27)28-3)25-9-12-6-5-7-14(11(12)2)19(21,22)23;1-4(2)3/h5-8,10H,4,9H2,1-3H3;4H,1-3H3. The van der Waals surface area contributed by atoms with E-state index >= 15 is 0 Å². The molecular formula is C23H28BF3N4O. The van der Waals surface area contributed by atoms with Crippen LogP contribution in [-0.2, 0) is 19.3 Å². The molecule has 0 fully saturated rings. The van der Waals surface area contributed by atoms with Gasteiger partial charge >= 0.3 is 6.18 Å². The molecule has 0 unspecified atom stereocenters. The van der Waals surface area contributed by atoms with Crippen molar-refractivity contribution in [3.05, 3.63) is 52.6 Å². The molecule has 0 atom stereocenters. The third kappa shape index (κ3) is 6.11. The number of aromatic nitrogens is 3. The molecule has 9 heteroatoms. The maximum absolute atomic E-state index is 13.1. The summed E-state index contributed by atoms with van der Waals surface area (Å²) in [6.45, 7) is 10.5. The van der Waals surface area contributed by atoms with E-state index in [0.717, 1.165) is 17.5 Å². The van der Waals surface area contributed by atoms with Gasteiger partial charge in [-0.15, -0.1) is 0 Å². The Morgan fingerprint density at radius 2 is 1.88 bits per heavy atom. The molecule has 0 bridgehead atoms. The van der Waals surface area contributed by atoms with Gasteiger partial charge in [0.05, 0.1) is 30.9 Å². The van der Waals surface area contributed by atoms with Crippen molar-refractivity contribution < 1.29 is 17.9 Å². The molecule has 5 nitrogen and oxygen atoms in total. The van der Waals surface area contributed by atoms with E-state index in [1.54, 1.807) is 18.3 Å². The smallest absolute Gasteiger partial charge is 0.416 e. The summed E-state index contributed by atoms with van der Waals surface area (Å²) in [5.41, 5.74) is 1.31. The van der Waals surface area contributed by atoms with Crippen molar-refractivity contribution in [1.82, 2.24) is 14.5 Å². The predicted octanol–water partition coefficient (Wildman–Crippen LogP) is 4.34. The van der Waals surface area contributed by atoms with Gasteiger partial charge in [0.25, 0.3) is 6.01 Å². The second-order valence-electron chi connectivity index (χ2n) is 7.93. The number of ether oxygens (including phenoxy) is 1. The number of aryl methyl sites for hydroxylation is 1. The highest BCUT2D eigenvalue weighted by Gasteiger charge is 2.32. The van der Waals surface area contributed by atoms with Gasteiger partial charge in [-0.25, -0.2) is 0 Å². The van der Waals surface area contributed by atoms with Crippen molar-refractivity contribution in [3.63, 3.8) is 0 Å². The molecule has 170 valence electrons. The Balaban J connectivity index is 0.000000837. The van der Waals surface area contributed by atoms with E-state index in [1.807, 2.05) is 11.5 Å². The van der Waals surface area contributed by atoms with E-state index in [1.165, 1.54) is 20.1 Å². The summed E-state index contributed by atoms with van der Waals surface area (Å²) in [5, 5.41) is 0.653. The van der Waals surface area contributed by atoms with Crippen LogP contribution in [0.5, 0.6) is 6.01 Å². The van der Waals surface area contributed by atoms with Gasteiger partial charge in [-0.3, -0.25) is 14.5 Å². The number of halogens is 3. The fourth-order valence-electron chi connectivity index (χ4n) is 3.08. The third-order valence-electron chi connectivity index (χ3n) is 4.52. The first kappa shape index (κ1) is 25.4. The Morgan fingerprint density at radius 1 is 1.22 bits per heavy atom. The molecule has 0 saturated heterocycles. The number of alkyl halides is 3. The van der Waals surface area contributed by atoms with Crippen molar-refractivity contribution in [3.8, 4) is 6.01 Å². The van der Waals surface area contributed by atoms with E-state index in [9.17, 15) is 13.2 Å². The van der Waals surface area contributed by atoms with Gasteiger partial charge in [0, 0.05) is 11.9 Å². The number of fused-ring (bicyclic) bond motifs is 1. The van der Waals surface area contributed by atoms with E-state index < -0.39 is 11.7 Å². The fraction of sp³-hybridized carbons (Fsp3) is 0.435. The highest BCUT2D eigenvalue weighted by atomic mass is 19.4.